The standard InChI is InChI=1S/C29H31F2N3O/c1-2-17-12-29(13-17)14-20(15-29)27-22-11-25-19(16-32-33-25)9-26(22)34(21-3-4-23(30)24(31)10-21)28(27)18-5-7-35-8-6-18/h3-4,9-11,16-18,20H,2,5-8,12-15H2,1H3,(H,32,33). The van der Waals surface area contributed by atoms with Crippen molar-refractivity contribution in [3.8, 4) is 5.69 Å². The molecule has 3 aliphatic rings. The summed E-state index contributed by atoms with van der Waals surface area (Å²) in [6.07, 6.45) is 10.2. The summed E-state index contributed by atoms with van der Waals surface area (Å²) in [6.45, 7) is 3.78. The monoisotopic (exact) mass is 475 g/mol. The number of fused-ring (bicyclic) bond motifs is 2. The Balaban J connectivity index is 1.45. The molecule has 182 valence electrons. The Bertz CT molecular complexity index is 1420. The van der Waals surface area contributed by atoms with Gasteiger partial charge in [-0.25, -0.2) is 8.78 Å². The van der Waals surface area contributed by atoms with Crippen LogP contribution in [0.25, 0.3) is 27.5 Å². The lowest BCUT2D eigenvalue weighted by Gasteiger charge is -2.58. The zero-order valence-corrected chi connectivity index (χ0v) is 20.1. The van der Waals surface area contributed by atoms with E-state index < -0.39 is 11.6 Å². The van der Waals surface area contributed by atoms with Crippen molar-refractivity contribution in [2.24, 2.45) is 11.3 Å². The molecular formula is C29H31F2N3O. The van der Waals surface area contributed by atoms with Crippen molar-refractivity contribution in [2.75, 3.05) is 13.2 Å². The molecule has 1 saturated heterocycles. The van der Waals surface area contributed by atoms with E-state index in [1.165, 1.54) is 60.9 Å². The van der Waals surface area contributed by atoms with Crippen LogP contribution in [0.2, 0.25) is 0 Å². The van der Waals surface area contributed by atoms with Gasteiger partial charge in [-0.15, -0.1) is 0 Å². The number of aromatic nitrogens is 3. The Morgan fingerprint density at radius 2 is 1.83 bits per heavy atom. The van der Waals surface area contributed by atoms with E-state index in [2.05, 4.69) is 33.8 Å². The second-order valence-electron chi connectivity index (χ2n) is 11.2. The maximum atomic E-state index is 14.5. The van der Waals surface area contributed by atoms with Gasteiger partial charge in [-0.05, 0) is 85.6 Å². The Hall–Kier alpha value is -2.73. The molecule has 2 aromatic heterocycles. The summed E-state index contributed by atoms with van der Waals surface area (Å²) < 4.78 is 36.3. The van der Waals surface area contributed by atoms with Gasteiger partial charge in [0.25, 0.3) is 0 Å². The molecule has 1 N–H and O–H groups in total. The molecule has 0 amide bonds. The number of nitrogens with zero attached hydrogens (tertiary/aromatic N) is 2. The first kappa shape index (κ1) is 21.5. The normalized spacial score (nSPS) is 26.9. The Labute approximate surface area is 203 Å². The van der Waals surface area contributed by atoms with E-state index in [4.69, 9.17) is 4.74 Å². The molecule has 2 aliphatic carbocycles. The zero-order valence-electron chi connectivity index (χ0n) is 20.1. The van der Waals surface area contributed by atoms with E-state index in [0.29, 0.717) is 22.9 Å². The number of H-pyrrole nitrogens is 1. The van der Waals surface area contributed by atoms with Crippen LogP contribution in [0, 0.1) is 23.0 Å². The molecule has 35 heavy (non-hydrogen) atoms. The quantitative estimate of drug-likeness (QED) is 0.335. The fourth-order valence-corrected chi connectivity index (χ4v) is 7.45. The molecule has 2 saturated carbocycles. The highest BCUT2D eigenvalue weighted by molar-refractivity contribution is 5.99. The highest BCUT2D eigenvalue weighted by Gasteiger charge is 2.53. The van der Waals surface area contributed by atoms with Crippen LogP contribution in [0.5, 0.6) is 0 Å². The summed E-state index contributed by atoms with van der Waals surface area (Å²) >= 11 is 0. The van der Waals surface area contributed by atoms with Crippen molar-refractivity contribution in [1.82, 2.24) is 14.8 Å². The number of hydrogen-bond acceptors (Lipinski definition) is 2. The zero-order chi connectivity index (χ0) is 23.7. The van der Waals surface area contributed by atoms with E-state index >= 15 is 0 Å². The van der Waals surface area contributed by atoms with Gasteiger partial charge in [0.1, 0.15) is 0 Å². The highest BCUT2D eigenvalue weighted by atomic mass is 19.2. The van der Waals surface area contributed by atoms with Gasteiger partial charge in [0.2, 0.25) is 0 Å². The first-order chi connectivity index (χ1) is 17.0. The highest BCUT2D eigenvalue weighted by Crippen LogP contribution is 2.66. The Kier molecular flexibility index (Phi) is 4.86. The Morgan fingerprint density at radius 1 is 1.03 bits per heavy atom. The second-order valence-corrected chi connectivity index (χ2v) is 11.2. The van der Waals surface area contributed by atoms with Crippen LogP contribution in [-0.4, -0.2) is 28.0 Å². The van der Waals surface area contributed by atoms with Crippen LogP contribution in [-0.2, 0) is 4.74 Å². The van der Waals surface area contributed by atoms with Crippen LogP contribution in [0.3, 0.4) is 0 Å². The summed E-state index contributed by atoms with van der Waals surface area (Å²) in [7, 11) is 0. The molecule has 1 spiro atoms. The first-order valence-electron chi connectivity index (χ1n) is 13.1. The molecule has 3 heterocycles. The fraction of sp³-hybridized carbons (Fsp3) is 0.483. The third kappa shape index (κ3) is 3.29. The average Bonchev–Trinajstić information content (AvgIpc) is 3.40. The summed E-state index contributed by atoms with van der Waals surface area (Å²) in [6, 6.07) is 8.70. The average molecular weight is 476 g/mol. The molecule has 3 fully saturated rings. The van der Waals surface area contributed by atoms with Gasteiger partial charge >= 0.3 is 0 Å². The lowest BCUT2D eigenvalue weighted by atomic mass is 9.46. The van der Waals surface area contributed by atoms with Gasteiger partial charge in [-0.1, -0.05) is 13.3 Å². The van der Waals surface area contributed by atoms with Gasteiger partial charge < -0.3 is 9.30 Å². The minimum Gasteiger partial charge on any atom is -0.381 e. The predicted molar refractivity (Wildman–Crippen MR) is 133 cm³/mol. The van der Waals surface area contributed by atoms with Crippen LogP contribution in [0.15, 0.2) is 36.5 Å². The number of rotatable bonds is 4. The lowest BCUT2D eigenvalue weighted by Crippen LogP contribution is -2.46. The molecule has 6 heteroatoms. The molecule has 7 rings (SSSR count). The lowest BCUT2D eigenvalue weighted by molar-refractivity contribution is -0.0427. The molecule has 4 nitrogen and oxygen atoms in total. The van der Waals surface area contributed by atoms with Crippen LogP contribution < -0.4 is 0 Å². The minimum atomic E-state index is -0.813. The van der Waals surface area contributed by atoms with Crippen molar-refractivity contribution in [1.29, 1.82) is 0 Å². The van der Waals surface area contributed by atoms with Crippen molar-refractivity contribution in [2.45, 2.75) is 63.7 Å². The SMILES string of the molecule is CCC1CC2(C1)CC(c1c(C3CCOCC3)n(-c3ccc(F)c(F)c3)c3cc4cn[nH]c4cc13)C2. The van der Waals surface area contributed by atoms with Crippen molar-refractivity contribution in [3.63, 3.8) is 0 Å². The molecule has 4 aromatic rings. The summed E-state index contributed by atoms with van der Waals surface area (Å²) in [5.41, 5.74) is 5.98. The summed E-state index contributed by atoms with van der Waals surface area (Å²) in [5.74, 6) is 0.0961. The predicted octanol–water partition coefficient (Wildman–Crippen LogP) is 7.36. The van der Waals surface area contributed by atoms with E-state index in [9.17, 15) is 8.78 Å². The minimum absolute atomic E-state index is 0.331. The van der Waals surface area contributed by atoms with Crippen LogP contribution in [0.4, 0.5) is 8.78 Å². The number of halogens is 2. The second kappa shape index (κ2) is 7.89. The number of nitrogens with one attached hydrogen (secondary N) is 1. The topological polar surface area (TPSA) is 42.8 Å². The third-order valence-corrected chi connectivity index (χ3v) is 9.16. The fourth-order valence-electron chi connectivity index (χ4n) is 7.45. The van der Waals surface area contributed by atoms with Crippen molar-refractivity contribution >= 4 is 21.8 Å². The van der Waals surface area contributed by atoms with Gasteiger partial charge in [0.05, 0.1) is 17.2 Å². The smallest absolute Gasteiger partial charge is 0.160 e. The Morgan fingerprint density at radius 3 is 2.57 bits per heavy atom. The van der Waals surface area contributed by atoms with Crippen molar-refractivity contribution in [3.05, 3.63) is 59.4 Å². The number of benzene rings is 2. The van der Waals surface area contributed by atoms with Gasteiger partial charge in [-0.3, -0.25) is 5.10 Å². The van der Waals surface area contributed by atoms with E-state index in [-0.39, 0.29) is 0 Å². The number of ether oxygens (including phenoxy) is 1. The largest absolute Gasteiger partial charge is 0.381 e. The molecule has 0 bridgehead atoms. The third-order valence-electron chi connectivity index (χ3n) is 9.16. The van der Waals surface area contributed by atoms with E-state index in [1.54, 1.807) is 6.07 Å². The van der Waals surface area contributed by atoms with Crippen LogP contribution in [0.1, 0.15) is 75.0 Å². The molecular weight excluding hydrogens is 444 g/mol. The first-order valence-corrected chi connectivity index (χ1v) is 13.1. The van der Waals surface area contributed by atoms with E-state index in [1.807, 2.05) is 6.20 Å². The molecule has 2 aromatic carbocycles. The number of hydrogen-bond donors (Lipinski definition) is 1. The van der Waals surface area contributed by atoms with Gasteiger partial charge in [0, 0.05) is 47.4 Å². The summed E-state index contributed by atoms with van der Waals surface area (Å²) in [4.78, 5) is 0. The van der Waals surface area contributed by atoms with E-state index in [0.717, 1.165) is 48.4 Å². The molecule has 0 unspecified atom stereocenters. The number of aromatic amines is 1. The molecule has 0 radical (unpaired) electrons. The van der Waals surface area contributed by atoms with Crippen LogP contribution >= 0.6 is 0 Å². The maximum Gasteiger partial charge on any atom is 0.160 e. The summed E-state index contributed by atoms with van der Waals surface area (Å²) in [5, 5.41) is 9.65. The maximum absolute atomic E-state index is 14.5. The van der Waals surface area contributed by atoms with Gasteiger partial charge in [-0.2, -0.15) is 5.10 Å². The van der Waals surface area contributed by atoms with Gasteiger partial charge in [0.15, 0.2) is 11.6 Å². The molecule has 0 atom stereocenters. The molecule has 1 aliphatic heterocycles. The van der Waals surface area contributed by atoms with Crippen molar-refractivity contribution < 1.29 is 13.5 Å².